The molecule has 0 aliphatic carbocycles. The summed E-state index contributed by atoms with van der Waals surface area (Å²) in [5.41, 5.74) is 1.03. The van der Waals surface area contributed by atoms with Gasteiger partial charge in [-0.15, -0.1) is 0 Å². The average molecular weight is 251 g/mol. The van der Waals surface area contributed by atoms with Crippen LogP contribution >= 0.6 is 0 Å². The summed E-state index contributed by atoms with van der Waals surface area (Å²) in [7, 11) is 0. The molecule has 0 aliphatic rings. The maximum atomic E-state index is 9.31. The fraction of sp³-hybridized carbons (Fsp3) is 0.600. The molecular formula is C15H25NO2. The van der Waals surface area contributed by atoms with Gasteiger partial charge in [-0.05, 0) is 31.9 Å². The number of rotatable bonds is 9. The van der Waals surface area contributed by atoms with Crippen LogP contribution in [0, 0.1) is 0 Å². The summed E-state index contributed by atoms with van der Waals surface area (Å²) in [6.07, 6.45) is 2.05. The van der Waals surface area contributed by atoms with Gasteiger partial charge in [-0.25, -0.2) is 0 Å². The van der Waals surface area contributed by atoms with Gasteiger partial charge >= 0.3 is 0 Å². The van der Waals surface area contributed by atoms with Gasteiger partial charge in [0.05, 0.1) is 18.8 Å². The lowest BCUT2D eigenvalue weighted by Gasteiger charge is -2.27. The van der Waals surface area contributed by atoms with Crippen LogP contribution in [0.5, 0.6) is 0 Å². The second kappa shape index (κ2) is 8.25. The molecule has 0 aromatic heterocycles. The molecule has 1 unspecified atom stereocenters. The van der Waals surface area contributed by atoms with Crippen molar-refractivity contribution in [1.82, 2.24) is 5.32 Å². The van der Waals surface area contributed by atoms with Gasteiger partial charge in [0.25, 0.3) is 0 Å². The van der Waals surface area contributed by atoms with E-state index < -0.39 is 0 Å². The first-order valence-electron chi connectivity index (χ1n) is 6.68. The Kier molecular flexibility index (Phi) is 6.94. The summed E-state index contributed by atoms with van der Waals surface area (Å²) in [6.45, 7) is 6.23. The zero-order chi connectivity index (χ0) is 13.3. The minimum absolute atomic E-state index is 0.0968. The van der Waals surface area contributed by atoms with Gasteiger partial charge in [0.15, 0.2) is 0 Å². The monoisotopic (exact) mass is 251 g/mol. The highest BCUT2D eigenvalue weighted by Gasteiger charge is 2.21. The molecule has 0 saturated carbocycles. The van der Waals surface area contributed by atoms with E-state index in [2.05, 4.69) is 29.6 Å². The second-order valence-corrected chi connectivity index (χ2v) is 4.89. The first-order valence-corrected chi connectivity index (χ1v) is 6.68. The van der Waals surface area contributed by atoms with Crippen molar-refractivity contribution in [3.63, 3.8) is 0 Å². The first-order chi connectivity index (χ1) is 8.70. The van der Waals surface area contributed by atoms with Gasteiger partial charge in [-0.1, -0.05) is 37.3 Å². The standard InChI is InChI=1S/C15H25NO2/c1-3-16-15(2,12-17)13-18-11-7-10-14-8-5-4-6-9-14/h4-6,8-9,16-17H,3,7,10-13H2,1-2H3. The van der Waals surface area contributed by atoms with E-state index in [1.165, 1.54) is 5.56 Å². The molecule has 0 heterocycles. The summed E-state index contributed by atoms with van der Waals surface area (Å²) in [6, 6.07) is 10.4. The van der Waals surface area contributed by atoms with Crippen molar-refractivity contribution in [1.29, 1.82) is 0 Å². The molecule has 1 atom stereocenters. The van der Waals surface area contributed by atoms with Crippen molar-refractivity contribution in [2.75, 3.05) is 26.4 Å². The SMILES string of the molecule is CCNC(C)(CO)COCCCc1ccccc1. The van der Waals surface area contributed by atoms with E-state index in [9.17, 15) is 5.11 Å². The van der Waals surface area contributed by atoms with Crippen molar-refractivity contribution in [2.24, 2.45) is 0 Å². The second-order valence-electron chi connectivity index (χ2n) is 4.89. The Morgan fingerprint density at radius 1 is 1.28 bits per heavy atom. The molecule has 3 nitrogen and oxygen atoms in total. The minimum Gasteiger partial charge on any atom is -0.394 e. The van der Waals surface area contributed by atoms with Crippen molar-refractivity contribution < 1.29 is 9.84 Å². The van der Waals surface area contributed by atoms with Crippen LogP contribution in [-0.2, 0) is 11.2 Å². The molecule has 0 saturated heterocycles. The molecule has 0 bridgehead atoms. The number of aliphatic hydroxyl groups excluding tert-OH is 1. The fourth-order valence-corrected chi connectivity index (χ4v) is 1.90. The molecule has 18 heavy (non-hydrogen) atoms. The van der Waals surface area contributed by atoms with E-state index in [0.29, 0.717) is 6.61 Å². The van der Waals surface area contributed by atoms with Gasteiger partial charge in [0.1, 0.15) is 0 Å². The molecule has 0 aliphatic heterocycles. The Hall–Kier alpha value is -0.900. The number of benzene rings is 1. The molecule has 1 rings (SSSR count). The predicted molar refractivity (Wildman–Crippen MR) is 74.7 cm³/mol. The third kappa shape index (κ3) is 5.63. The number of ether oxygens (including phenoxy) is 1. The van der Waals surface area contributed by atoms with Crippen molar-refractivity contribution in [3.8, 4) is 0 Å². The van der Waals surface area contributed by atoms with E-state index in [-0.39, 0.29) is 12.1 Å². The quantitative estimate of drug-likeness (QED) is 0.660. The number of nitrogens with one attached hydrogen (secondary N) is 1. The summed E-state index contributed by atoms with van der Waals surface area (Å²) in [5, 5.41) is 12.6. The van der Waals surface area contributed by atoms with Gasteiger partial charge in [-0.3, -0.25) is 0 Å². The maximum absolute atomic E-state index is 9.31. The molecule has 2 N–H and O–H groups in total. The van der Waals surface area contributed by atoms with Crippen LogP contribution in [0.3, 0.4) is 0 Å². The first kappa shape index (κ1) is 15.2. The Balaban J connectivity index is 2.15. The topological polar surface area (TPSA) is 41.5 Å². The number of aliphatic hydroxyl groups is 1. The average Bonchev–Trinajstić information content (AvgIpc) is 2.40. The number of aryl methyl sites for hydroxylation is 1. The normalized spacial score (nSPS) is 14.4. The molecule has 102 valence electrons. The molecule has 0 radical (unpaired) electrons. The third-order valence-electron chi connectivity index (χ3n) is 2.97. The Morgan fingerprint density at radius 2 is 2.00 bits per heavy atom. The van der Waals surface area contributed by atoms with E-state index in [0.717, 1.165) is 26.0 Å². The largest absolute Gasteiger partial charge is 0.394 e. The molecule has 0 spiro atoms. The lowest BCUT2D eigenvalue weighted by atomic mass is 10.1. The van der Waals surface area contributed by atoms with Crippen molar-refractivity contribution >= 4 is 0 Å². The van der Waals surface area contributed by atoms with Crippen LogP contribution in [0.2, 0.25) is 0 Å². The Bertz CT molecular complexity index is 316. The maximum Gasteiger partial charge on any atom is 0.0668 e. The van der Waals surface area contributed by atoms with E-state index in [4.69, 9.17) is 4.74 Å². The lowest BCUT2D eigenvalue weighted by molar-refractivity contribution is 0.0444. The zero-order valence-corrected chi connectivity index (χ0v) is 11.5. The summed E-state index contributed by atoms with van der Waals surface area (Å²) >= 11 is 0. The van der Waals surface area contributed by atoms with Crippen LogP contribution in [0.1, 0.15) is 25.8 Å². The minimum atomic E-state index is -0.318. The van der Waals surface area contributed by atoms with Crippen LogP contribution in [0.25, 0.3) is 0 Å². The number of likely N-dealkylation sites (N-methyl/N-ethyl adjacent to an activating group) is 1. The van der Waals surface area contributed by atoms with Crippen LogP contribution < -0.4 is 5.32 Å². The van der Waals surface area contributed by atoms with Gasteiger partial charge < -0.3 is 15.2 Å². The molecule has 0 amide bonds. The van der Waals surface area contributed by atoms with Crippen LogP contribution in [-0.4, -0.2) is 37.0 Å². The van der Waals surface area contributed by atoms with Gasteiger partial charge in [0, 0.05) is 6.61 Å². The smallest absolute Gasteiger partial charge is 0.0668 e. The molecule has 1 aromatic carbocycles. The molecule has 1 aromatic rings. The van der Waals surface area contributed by atoms with Crippen LogP contribution in [0.4, 0.5) is 0 Å². The van der Waals surface area contributed by atoms with Crippen molar-refractivity contribution in [3.05, 3.63) is 35.9 Å². The molecule has 3 heteroatoms. The van der Waals surface area contributed by atoms with E-state index in [1.807, 2.05) is 19.9 Å². The zero-order valence-electron chi connectivity index (χ0n) is 11.5. The Morgan fingerprint density at radius 3 is 2.61 bits per heavy atom. The van der Waals surface area contributed by atoms with Crippen molar-refractivity contribution in [2.45, 2.75) is 32.2 Å². The number of hydrogen-bond acceptors (Lipinski definition) is 3. The molecule has 0 fully saturated rings. The highest BCUT2D eigenvalue weighted by Crippen LogP contribution is 2.05. The third-order valence-corrected chi connectivity index (χ3v) is 2.97. The number of hydrogen-bond donors (Lipinski definition) is 2. The predicted octanol–water partition coefficient (Wildman–Crippen LogP) is 2.00. The fourth-order valence-electron chi connectivity index (χ4n) is 1.90. The van der Waals surface area contributed by atoms with Crippen LogP contribution in [0.15, 0.2) is 30.3 Å². The van der Waals surface area contributed by atoms with E-state index in [1.54, 1.807) is 0 Å². The summed E-state index contributed by atoms with van der Waals surface area (Å²) in [5.74, 6) is 0. The lowest BCUT2D eigenvalue weighted by Crippen LogP contribution is -2.49. The van der Waals surface area contributed by atoms with Gasteiger partial charge in [-0.2, -0.15) is 0 Å². The Labute approximate surface area is 110 Å². The van der Waals surface area contributed by atoms with Gasteiger partial charge in [0.2, 0.25) is 0 Å². The summed E-state index contributed by atoms with van der Waals surface area (Å²) in [4.78, 5) is 0. The molecular weight excluding hydrogens is 226 g/mol. The summed E-state index contributed by atoms with van der Waals surface area (Å²) < 4.78 is 5.64. The van der Waals surface area contributed by atoms with E-state index >= 15 is 0 Å². The highest BCUT2D eigenvalue weighted by molar-refractivity contribution is 5.14. The highest BCUT2D eigenvalue weighted by atomic mass is 16.5.